The first-order valence-electron chi connectivity index (χ1n) is 8.68. The summed E-state index contributed by atoms with van der Waals surface area (Å²) in [5.74, 6) is -0.961. The molecular formula is C18H26BrN3O4. The predicted molar refractivity (Wildman–Crippen MR) is 103 cm³/mol. The van der Waals surface area contributed by atoms with Gasteiger partial charge in [-0.05, 0) is 56.9 Å². The van der Waals surface area contributed by atoms with E-state index in [0.717, 1.165) is 23.7 Å². The molecule has 0 heterocycles. The quantitative estimate of drug-likeness (QED) is 0.407. The van der Waals surface area contributed by atoms with Crippen LogP contribution in [0.4, 0.5) is 4.79 Å². The standard InChI is InChI=1S/C18H26BrN3O4/c1-13(5-10-16(23)24)22-18(26)21-12-4-2-3-11-20-17(25)14-6-8-15(19)9-7-14/h6-9,13H,2-5,10-12H2,1H3,(H,20,25)(H,23,24)(H2,21,22,26)/t13-/m1/s1. The van der Waals surface area contributed by atoms with Crippen LogP contribution >= 0.6 is 15.9 Å². The molecule has 0 saturated heterocycles. The Balaban J connectivity index is 2.03. The maximum Gasteiger partial charge on any atom is 0.314 e. The van der Waals surface area contributed by atoms with Crippen molar-refractivity contribution in [2.75, 3.05) is 13.1 Å². The van der Waals surface area contributed by atoms with Gasteiger partial charge in [-0.2, -0.15) is 0 Å². The molecule has 0 aliphatic rings. The lowest BCUT2D eigenvalue weighted by Gasteiger charge is -2.13. The third-order valence-electron chi connectivity index (χ3n) is 3.70. The number of carboxylic acids is 1. The molecule has 26 heavy (non-hydrogen) atoms. The van der Waals surface area contributed by atoms with E-state index in [0.29, 0.717) is 25.1 Å². The van der Waals surface area contributed by atoms with Crippen LogP contribution in [0.5, 0.6) is 0 Å². The number of amides is 3. The molecule has 1 atom stereocenters. The van der Waals surface area contributed by atoms with Gasteiger partial charge in [0.1, 0.15) is 0 Å². The molecule has 1 rings (SSSR count). The van der Waals surface area contributed by atoms with E-state index in [1.165, 1.54) is 0 Å². The van der Waals surface area contributed by atoms with E-state index in [2.05, 4.69) is 31.9 Å². The molecule has 7 nitrogen and oxygen atoms in total. The van der Waals surface area contributed by atoms with Crippen molar-refractivity contribution >= 4 is 33.8 Å². The Kier molecular flexibility index (Phi) is 10.4. The van der Waals surface area contributed by atoms with Gasteiger partial charge in [0, 0.05) is 35.6 Å². The molecule has 0 radical (unpaired) electrons. The molecule has 0 aromatic heterocycles. The zero-order valence-electron chi connectivity index (χ0n) is 14.9. The van der Waals surface area contributed by atoms with Gasteiger partial charge in [-0.25, -0.2) is 4.79 Å². The summed E-state index contributed by atoms with van der Waals surface area (Å²) in [4.78, 5) is 34.0. The smallest absolute Gasteiger partial charge is 0.314 e. The van der Waals surface area contributed by atoms with Gasteiger partial charge < -0.3 is 21.1 Å². The molecule has 1 aromatic rings. The lowest BCUT2D eigenvalue weighted by molar-refractivity contribution is -0.137. The van der Waals surface area contributed by atoms with Crippen LogP contribution in [0.1, 0.15) is 49.4 Å². The van der Waals surface area contributed by atoms with Crippen LogP contribution in [0, 0.1) is 0 Å². The van der Waals surface area contributed by atoms with Crippen LogP contribution in [0.15, 0.2) is 28.7 Å². The Hall–Kier alpha value is -2.09. The molecule has 1 aromatic carbocycles. The van der Waals surface area contributed by atoms with Gasteiger partial charge in [0.05, 0.1) is 0 Å². The van der Waals surface area contributed by atoms with E-state index in [-0.39, 0.29) is 24.4 Å². The lowest BCUT2D eigenvalue weighted by Crippen LogP contribution is -2.41. The number of aliphatic carboxylic acids is 1. The summed E-state index contributed by atoms with van der Waals surface area (Å²) in [5.41, 5.74) is 0.628. The SMILES string of the molecule is C[C@H](CCC(=O)O)NC(=O)NCCCCCNC(=O)c1ccc(Br)cc1. The van der Waals surface area contributed by atoms with E-state index in [1.807, 2.05) is 12.1 Å². The molecule has 0 fully saturated rings. The number of halogens is 1. The highest BCUT2D eigenvalue weighted by atomic mass is 79.9. The van der Waals surface area contributed by atoms with Crippen molar-refractivity contribution in [3.05, 3.63) is 34.3 Å². The highest BCUT2D eigenvalue weighted by Gasteiger charge is 2.08. The van der Waals surface area contributed by atoms with Crippen LogP contribution in [-0.2, 0) is 4.79 Å². The largest absolute Gasteiger partial charge is 0.481 e. The lowest BCUT2D eigenvalue weighted by atomic mass is 10.2. The Morgan fingerprint density at radius 1 is 1.04 bits per heavy atom. The minimum atomic E-state index is -0.869. The van der Waals surface area contributed by atoms with Gasteiger partial charge in [-0.15, -0.1) is 0 Å². The maximum atomic E-state index is 11.9. The van der Waals surface area contributed by atoms with Crippen molar-refractivity contribution in [1.82, 2.24) is 16.0 Å². The average molecular weight is 428 g/mol. The number of carbonyl (C=O) groups is 3. The van der Waals surface area contributed by atoms with Gasteiger partial charge in [0.2, 0.25) is 0 Å². The van der Waals surface area contributed by atoms with Crippen molar-refractivity contribution in [3.8, 4) is 0 Å². The van der Waals surface area contributed by atoms with E-state index >= 15 is 0 Å². The number of urea groups is 1. The fourth-order valence-corrected chi connectivity index (χ4v) is 2.49. The Morgan fingerprint density at radius 3 is 2.27 bits per heavy atom. The first kappa shape index (κ1) is 22.0. The van der Waals surface area contributed by atoms with Crippen molar-refractivity contribution in [1.29, 1.82) is 0 Å². The Labute approximate surface area is 162 Å². The predicted octanol–water partition coefficient (Wildman–Crippen LogP) is 2.90. The van der Waals surface area contributed by atoms with E-state index in [9.17, 15) is 14.4 Å². The normalized spacial score (nSPS) is 11.5. The molecule has 0 bridgehead atoms. The fraction of sp³-hybridized carbons (Fsp3) is 0.500. The number of unbranched alkanes of at least 4 members (excludes halogenated alkanes) is 2. The fourth-order valence-electron chi connectivity index (χ4n) is 2.22. The van der Waals surface area contributed by atoms with Gasteiger partial charge in [-0.3, -0.25) is 9.59 Å². The Morgan fingerprint density at radius 2 is 1.65 bits per heavy atom. The summed E-state index contributed by atoms with van der Waals surface area (Å²) >= 11 is 3.33. The summed E-state index contributed by atoms with van der Waals surface area (Å²) < 4.78 is 0.932. The minimum absolute atomic E-state index is 0.0351. The molecule has 8 heteroatoms. The monoisotopic (exact) mass is 427 g/mol. The van der Waals surface area contributed by atoms with E-state index in [1.54, 1.807) is 19.1 Å². The first-order valence-corrected chi connectivity index (χ1v) is 9.47. The summed E-state index contributed by atoms with van der Waals surface area (Å²) in [6.45, 7) is 2.90. The second-order valence-electron chi connectivity index (χ2n) is 6.06. The molecule has 0 spiro atoms. The van der Waals surface area contributed by atoms with Crippen LogP contribution in [0.25, 0.3) is 0 Å². The third-order valence-corrected chi connectivity index (χ3v) is 4.23. The number of carboxylic acid groups (broad SMARTS) is 1. The van der Waals surface area contributed by atoms with Crippen molar-refractivity contribution < 1.29 is 19.5 Å². The van der Waals surface area contributed by atoms with Gasteiger partial charge in [-0.1, -0.05) is 15.9 Å². The number of benzene rings is 1. The summed E-state index contributed by atoms with van der Waals surface area (Å²) in [6, 6.07) is 6.72. The molecular weight excluding hydrogens is 402 g/mol. The van der Waals surface area contributed by atoms with Gasteiger partial charge >= 0.3 is 12.0 Å². The van der Waals surface area contributed by atoms with Gasteiger partial charge in [0.25, 0.3) is 5.91 Å². The maximum absolute atomic E-state index is 11.9. The highest BCUT2D eigenvalue weighted by molar-refractivity contribution is 9.10. The topological polar surface area (TPSA) is 108 Å². The van der Waals surface area contributed by atoms with Crippen LogP contribution in [0.3, 0.4) is 0 Å². The van der Waals surface area contributed by atoms with Crippen molar-refractivity contribution in [2.45, 2.75) is 45.1 Å². The number of hydrogen-bond acceptors (Lipinski definition) is 3. The molecule has 4 N–H and O–H groups in total. The van der Waals surface area contributed by atoms with Crippen LogP contribution in [-0.4, -0.2) is 42.1 Å². The second-order valence-corrected chi connectivity index (χ2v) is 6.97. The number of nitrogens with one attached hydrogen (secondary N) is 3. The Bertz CT molecular complexity index is 593. The third kappa shape index (κ3) is 10.0. The molecule has 144 valence electrons. The molecule has 3 amide bonds. The molecule has 0 unspecified atom stereocenters. The molecule has 0 aliphatic heterocycles. The van der Waals surface area contributed by atoms with Crippen molar-refractivity contribution in [3.63, 3.8) is 0 Å². The molecule has 0 aliphatic carbocycles. The zero-order valence-corrected chi connectivity index (χ0v) is 16.5. The number of rotatable bonds is 11. The van der Waals surface area contributed by atoms with Gasteiger partial charge in [0.15, 0.2) is 0 Å². The zero-order chi connectivity index (χ0) is 19.4. The number of carbonyl (C=O) groups excluding carboxylic acids is 2. The average Bonchev–Trinajstić information content (AvgIpc) is 2.59. The summed E-state index contributed by atoms with van der Waals surface area (Å²) in [5, 5.41) is 16.9. The minimum Gasteiger partial charge on any atom is -0.481 e. The van der Waals surface area contributed by atoms with E-state index in [4.69, 9.17) is 5.11 Å². The van der Waals surface area contributed by atoms with Crippen molar-refractivity contribution in [2.24, 2.45) is 0 Å². The van der Waals surface area contributed by atoms with E-state index < -0.39 is 5.97 Å². The summed E-state index contributed by atoms with van der Waals surface area (Å²) in [6.07, 6.45) is 2.97. The molecule has 0 saturated carbocycles. The summed E-state index contributed by atoms with van der Waals surface area (Å²) in [7, 11) is 0. The second kappa shape index (κ2) is 12.3. The number of hydrogen-bond donors (Lipinski definition) is 4. The first-order chi connectivity index (χ1) is 12.4. The van der Waals surface area contributed by atoms with Crippen LogP contribution < -0.4 is 16.0 Å². The van der Waals surface area contributed by atoms with Crippen LogP contribution in [0.2, 0.25) is 0 Å². The highest BCUT2D eigenvalue weighted by Crippen LogP contribution is 2.10.